The summed E-state index contributed by atoms with van der Waals surface area (Å²) in [6, 6.07) is 0. The number of likely N-dealkylation sites (N-methyl/N-ethyl adjacent to an activating group) is 1. The van der Waals surface area contributed by atoms with Gasteiger partial charge in [-0.2, -0.15) is 0 Å². The molecule has 94 valence electrons. The number of hydrogen-bond donors (Lipinski definition) is 0. The smallest absolute Gasteiger partial charge is 0.306 e. The number of halogens is 2. The van der Waals surface area contributed by atoms with Crippen molar-refractivity contribution in [2.75, 3.05) is 26.7 Å². The van der Waals surface area contributed by atoms with Gasteiger partial charge < -0.3 is 4.74 Å². The standard InChI is InChI=1S/C10H17F2NO3/c1-3-16-10(15)5-4-8(14)6-13(2)7-9(11)12/h9H,3-7H2,1-2H3. The van der Waals surface area contributed by atoms with Gasteiger partial charge in [0, 0.05) is 6.42 Å². The van der Waals surface area contributed by atoms with E-state index in [2.05, 4.69) is 4.74 Å². The van der Waals surface area contributed by atoms with Crippen molar-refractivity contribution in [1.29, 1.82) is 0 Å². The quantitative estimate of drug-likeness (QED) is 0.593. The van der Waals surface area contributed by atoms with Crippen molar-refractivity contribution >= 4 is 11.8 Å². The first-order chi connectivity index (χ1) is 7.45. The summed E-state index contributed by atoms with van der Waals surface area (Å²) in [6.07, 6.45) is -2.41. The maximum Gasteiger partial charge on any atom is 0.306 e. The first kappa shape index (κ1) is 15.0. The number of ketones is 1. The molecule has 0 aliphatic rings. The minimum absolute atomic E-state index is 0.00912. The number of nitrogens with zero attached hydrogens (tertiary/aromatic N) is 1. The van der Waals surface area contributed by atoms with Crippen LogP contribution in [0.15, 0.2) is 0 Å². The second kappa shape index (κ2) is 8.15. The summed E-state index contributed by atoms with van der Waals surface area (Å²) in [7, 11) is 1.44. The SMILES string of the molecule is CCOC(=O)CCC(=O)CN(C)CC(F)F. The Hall–Kier alpha value is -1.04. The van der Waals surface area contributed by atoms with Gasteiger partial charge in [-0.05, 0) is 14.0 Å². The lowest BCUT2D eigenvalue weighted by atomic mass is 10.2. The Kier molecular flexibility index (Phi) is 7.62. The fourth-order valence-electron chi connectivity index (χ4n) is 1.15. The molecule has 16 heavy (non-hydrogen) atoms. The van der Waals surface area contributed by atoms with Gasteiger partial charge in [0.1, 0.15) is 5.78 Å². The zero-order chi connectivity index (χ0) is 12.6. The Labute approximate surface area is 93.6 Å². The number of ether oxygens (including phenoxy) is 1. The zero-order valence-electron chi connectivity index (χ0n) is 9.54. The molecule has 0 bridgehead atoms. The van der Waals surface area contributed by atoms with Gasteiger partial charge in [0.05, 0.1) is 26.1 Å². The van der Waals surface area contributed by atoms with Gasteiger partial charge in [-0.3, -0.25) is 14.5 Å². The Morgan fingerprint density at radius 1 is 1.31 bits per heavy atom. The normalized spacial score (nSPS) is 10.9. The van der Waals surface area contributed by atoms with E-state index in [1.807, 2.05) is 0 Å². The largest absolute Gasteiger partial charge is 0.466 e. The molecule has 0 spiro atoms. The van der Waals surface area contributed by atoms with Gasteiger partial charge in [-0.25, -0.2) is 8.78 Å². The number of rotatable bonds is 8. The van der Waals surface area contributed by atoms with E-state index in [9.17, 15) is 18.4 Å². The van der Waals surface area contributed by atoms with Crippen LogP contribution >= 0.6 is 0 Å². The third-order valence-electron chi connectivity index (χ3n) is 1.81. The number of Topliss-reactive ketones (excluding diaryl/α,β-unsaturated/α-hetero) is 1. The fraction of sp³-hybridized carbons (Fsp3) is 0.800. The molecule has 0 atom stereocenters. The van der Waals surface area contributed by atoms with Crippen LogP contribution in [-0.4, -0.2) is 49.8 Å². The van der Waals surface area contributed by atoms with Gasteiger partial charge in [0.2, 0.25) is 0 Å². The van der Waals surface area contributed by atoms with Crippen LogP contribution in [0, 0.1) is 0 Å². The second-order valence-electron chi connectivity index (χ2n) is 3.43. The monoisotopic (exact) mass is 237 g/mol. The second-order valence-corrected chi connectivity index (χ2v) is 3.43. The van der Waals surface area contributed by atoms with Gasteiger partial charge in [0.25, 0.3) is 6.43 Å². The van der Waals surface area contributed by atoms with E-state index in [0.29, 0.717) is 0 Å². The third-order valence-corrected chi connectivity index (χ3v) is 1.81. The van der Waals surface area contributed by atoms with Crippen molar-refractivity contribution in [2.24, 2.45) is 0 Å². The van der Waals surface area contributed by atoms with Crippen LogP contribution in [-0.2, 0) is 14.3 Å². The summed E-state index contributed by atoms with van der Waals surface area (Å²) in [5.74, 6) is -0.677. The molecular formula is C10H17F2NO3. The van der Waals surface area contributed by atoms with Crippen molar-refractivity contribution < 1.29 is 23.1 Å². The van der Waals surface area contributed by atoms with Crippen LogP contribution in [0.5, 0.6) is 0 Å². The summed E-state index contributed by atoms with van der Waals surface area (Å²) >= 11 is 0. The molecule has 0 fully saturated rings. The Morgan fingerprint density at radius 3 is 2.44 bits per heavy atom. The molecule has 0 aliphatic heterocycles. The third kappa shape index (κ3) is 8.28. The molecule has 0 N–H and O–H groups in total. The first-order valence-electron chi connectivity index (χ1n) is 5.09. The molecule has 0 aromatic rings. The number of esters is 1. The molecule has 0 radical (unpaired) electrons. The molecule has 0 aliphatic carbocycles. The van der Waals surface area contributed by atoms with Gasteiger partial charge >= 0.3 is 5.97 Å². The molecule has 0 heterocycles. The lowest BCUT2D eigenvalue weighted by molar-refractivity contribution is -0.144. The first-order valence-corrected chi connectivity index (χ1v) is 5.09. The van der Waals surface area contributed by atoms with Crippen LogP contribution in [0.3, 0.4) is 0 Å². The van der Waals surface area contributed by atoms with Crippen molar-refractivity contribution in [2.45, 2.75) is 26.2 Å². The summed E-state index contributed by atoms with van der Waals surface area (Å²) in [4.78, 5) is 23.4. The Morgan fingerprint density at radius 2 is 1.94 bits per heavy atom. The molecule has 0 unspecified atom stereocenters. The van der Waals surface area contributed by atoms with Crippen molar-refractivity contribution in [3.63, 3.8) is 0 Å². The predicted molar refractivity (Wildman–Crippen MR) is 54.4 cm³/mol. The highest BCUT2D eigenvalue weighted by Gasteiger charge is 2.13. The van der Waals surface area contributed by atoms with E-state index < -0.39 is 18.9 Å². The maximum absolute atomic E-state index is 11.9. The Bertz CT molecular complexity index is 234. The molecule has 4 nitrogen and oxygen atoms in total. The van der Waals surface area contributed by atoms with Crippen LogP contribution < -0.4 is 0 Å². The van der Waals surface area contributed by atoms with E-state index >= 15 is 0 Å². The summed E-state index contributed by atoms with van der Waals surface area (Å²) < 4.78 is 28.5. The number of hydrogen-bond acceptors (Lipinski definition) is 4. The topological polar surface area (TPSA) is 46.6 Å². The minimum Gasteiger partial charge on any atom is -0.466 e. The Balaban J connectivity index is 3.69. The predicted octanol–water partition coefficient (Wildman–Crippen LogP) is 1.10. The van der Waals surface area contributed by atoms with Crippen LogP contribution in [0.2, 0.25) is 0 Å². The number of alkyl halides is 2. The summed E-state index contributed by atoms with van der Waals surface area (Å²) in [5.41, 5.74) is 0. The highest BCUT2D eigenvalue weighted by Crippen LogP contribution is 1.99. The van der Waals surface area contributed by atoms with Crippen molar-refractivity contribution in [3.8, 4) is 0 Å². The number of carbonyl (C=O) groups is 2. The van der Waals surface area contributed by atoms with Crippen LogP contribution in [0.25, 0.3) is 0 Å². The minimum atomic E-state index is -2.46. The lowest BCUT2D eigenvalue weighted by Gasteiger charge is -2.14. The molecule has 0 aromatic heterocycles. The van der Waals surface area contributed by atoms with Crippen molar-refractivity contribution in [1.82, 2.24) is 4.90 Å². The van der Waals surface area contributed by atoms with E-state index in [0.717, 1.165) is 0 Å². The average molecular weight is 237 g/mol. The molecule has 0 saturated heterocycles. The summed E-state index contributed by atoms with van der Waals surface area (Å²) in [5, 5.41) is 0. The van der Waals surface area contributed by atoms with E-state index in [1.165, 1.54) is 11.9 Å². The van der Waals surface area contributed by atoms with E-state index in [1.54, 1.807) is 6.92 Å². The highest BCUT2D eigenvalue weighted by molar-refractivity contribution is 5.84. The molecule has 0 saturated carbocycles. The zero-order valence-corrected chi connectivity index (χ0v) is 9.54. The van der Waals surface area contributed by atoms with E-state index in [4.69, 9.17) is 0 Å². The van der Waals surface area contributed by atoms with Crippen LogP contribution in [0.4, 0.5) is 8.78 Å². The summed E-state index contributed by atoms with van der Waals surface area (Å²) in [6.45, 7) is 1.45. The van der Waals surface area contributed by atoms with Crippen LogP contribution in [0.1, 0.15) is 19.8 Å². The van der Waals surface area contributed by atoms with E-state index in [-0.39, 0.29) is 31.8 Å². The van der Waals surface area contributed by atoms with Gasteiger partial charge in [0.15, 0.2) is 0 Å². The fourth-order valence-corrected chi connectivity index (χ4v) is 1.15. The maximum atomic E-state index is 11.9. The molecule has 0 rings (SSSR count). The number of carbonyl (C=O) groups excluding carboxylic acids is 2. The highest BCUT2D eigenvalue weighted by atomic mass is 19.3. The van der Waals surface area contributed by atoms with Gasteiger partial charge in [-0.1, -0.05) is 0 Å². The van der Waals surface area contributed by atoms with Crippen molar-refractivity contribution in [3.05, 3.63) is 0 Å². The molecular weight excluding hydrogens is 220 g/mol. The molecule has 0 aromatic carbocycles. The molecule has 0 amide bonds. The van der Waals surface area contributed by atoms with Gasteiger partial charge in [-0.15, -0.1) is 0 Å². The molecule has 6 heteroatoms. The lowest BCUT2D eigenvalue weighted by Crippen LogP contribution is -2.30. The average Bonchev–Trinajstić information content (AvgIpc) is 2.13.